The van der Waals surface area contributed by atoms with Crippen molar-refractivity contribution in [3.05, 3.63) is 69.8 Å². The third-order valence-electron chi connectivity index (χ3n) is 4.71. The van der Waals surface area contributed by atoms with Gasteiger partial charge < -0.3 is 10.2 Å². The molecule has 1 fully saturated rings. The maximum atomic E-state index is 12.4. The standard InChI is InChI=1S/C19H21N3O3/c1-14-17(8-5-9-18(14)22(24)25)19(23)20-12-15-10-11-21(13-15)16-6-3-2-4-7-16/h2-9,15H,10-13H2,1H3,(H,20,23). The van der Waals surface area contributed by atoms with Crippen LogP contribution in [0.25, 0.3) is 0 Å². The monoisotopic (exact) mass is 339 g/mol. The molecule has 1 atom stereocenters. The minimum Gasteiger partial charge on any atom is -0.371 e. The fourth-order valence-electron chi connectivity index (χ4n) is 3.27. The number of carbonyl (C=O) groups is 1. The average molecular weight is 339 g/mol. The number of hydrogen-bond donors (Lipinski definition) is 1. The number of benzene rings is 2. The maximum Gasteiger partial charge on any atom is 0.273 e. The summed E-state index contributed by atoms with van der Waals surface area (Å²) in [6.07, 6.45) is 1.02. The van der Waals surface area contributed by atoms with Crippen molar-refractivity contribution in [2.75, 3.05) is 24.5 Å². The molecule has 1 aliphatic heterocycles. The number of nitro benzene ring substituents is 1. The lowest BCUT2D eigenvalue weighted by Gasteiger charge is -2.18. The Kier molecular flexibility index (Phi) is 4.97. The highest BCUT2D eigenvalue weighted by Gasteiger charge is 2.24. The third kappa shape index (κ3) is 3.79. The Morgan fingerprint density at radius 2 is 2.00 bits per heavy atom. The highest BCUT2D eigenvalue weighted by atomic mass is 16.6. The van der Waals surface area contributed by atoms with Gasteiger partial charge in [0.25, 0.3) is 11.6 Å². The molecule has 1 N–H and O–H groups in total. The number of nitrogens with zero attached hydrogens (tertiary/aromatic N) is 2. The Labute approximate surface area is 146 Å². The highest BCUT2D eigenvalue weighted by Crippen LogP contribution is 2.24. The Morgan fingerprint density at radius 3 is 2.72 bits per heavy atom. The van der Waals surface area contributed by atoms with Crippen LogP contribution in [0.15, 0.2) is 48.5 Å². The van der Waals surface area contributed by atoms with Crippen LogP contribution in [0, 0.1) is 23.0 Å². The lowest BCUT2D eigenvalue weighted by atomic mass is 10.1. The van der Waals surface area contributed by atoms with E-state index in [0.29, 0.717) is 23.6 Å². The van der Waals surface area contributed by atoms with Crippen LogP contribution in [0.3, 0.4) is 0 Å². The first-order chi connectivity index (χ1) is 12.1. The number of amides is 1. The van der Waals surface area contributed by atoms with Gasteiger partial charge in [0.2, 0.25) is 0 Å². The van der Waals surface area contributed by atoms with Gasteiger partial charge in [-0.3, -0.25) is 14.9 Å². The van der Waals surface area contributed by atoms with Crippen LogP contribution in [-0.4, -0.2) is 30.5 Å². The number of nitro groups is 1. The van der Waals surface area contributed by atoms with Crippen LogP contribution in [0.1, 0.15) is 22.3 Å². The molecule has 0 bridgehead atoms. The second kappa shape index (κ2) is 7.34. The van der Waals surface area contributed by atoms with E-state index in [1.807, 2.05) is 18.2 Å². The van der Waals surface area contributed by atoms with E-state index in [0.717, 1.165) is 19.5 Å². The molecule has 2 aromatic rings. The van der Waals surface area contributed by atoms with Crippen molar-refractivity contribution in [1.82, 2.24) is 5.32 Å². The second-order valence-corrected chi connectivity index (χ2v) is 6.35. The van der Waals surface area contributed by atoms with E-state index in [1.165, 1.54) is 11.8 Å². The predicted octanol–water partition coefficient (Wildman–Crippen LogP) is 3.16. The van der Waals surface area contributed by atoms with Crippen LogP contribution in [0.5, 0.6) is 0 Å². The number of hydrogen-bond acceptors (Lipinski definition) is 4. The smallest absolute Gasteiger partial charge is 0.273 e. The van der Waals surface area contributed by atoms with E-state index in [4.69, 9.17) is 0 Å². The molecule has 0 spiro atoms. The first kappa shape index (κ1) is 17.0. The summed E-state index contributed by atoms with van der Waals surface area (Å²) >= 11 is 0. The summed E-state index contributed by atoms with van der Waals surface area (Å²) in [5, 5.41) is 13.9. The summed E-state index contributed by atoms with van der Waals surface area (Å²) in [5.41, 5.74) is 1.95. The molecule has 1 amide bonds. The number of carbonyl (C=O) groups excluding carboxylic acids is 1. The Morgan fingerprint density at radius 1 is 1.24 bits per heavy atom. The average Bonchev–Trinajstić information content (AvgIpc) is 3.09. The van der Waals surface area contributed by atoms with Crippen molar-refractivity contribution >= 4 is 17.3 Å². The van der Waals surface area contributed by atoms with Crippen LogP contribution in [0.2, 0.25) is 0 Å². The molecular formula is C19H21N3O3. The van der Waals surface area contributed by atoms with E-state index in [-0.39, 0.29) is 11.6 Å². The zero-order valence-corrected chi connectivity index (χ0v) is 14.1. The third-order valence-corrected chi connectivity index (χ3v) is 4.71. The molecule has 25 heavy (non-hydrogen) atoms. The van der Waals surface area contributed by atoms with Crippen LogP contribution >= 0.6 is 0 Å². The molecule has 1 aliphatic rings. The number of anilines is 1. The summed E-state index contributed by atoms with van der Waals surface area (Å²) in [4.78, 5) is 25.3. The molecule has 1 saturated heterocycles. The minimum atomic E-state index is -0.458. The van der Waals surface area contributed by atoms with Gasteiger partial charge in [0.05, 0.1) is 4.92 Å². The fourth-order valence-corrected chi connectivity index (χ4v) is 3.27. The fraction of sp³-hybridized carbons (Fsp3) is 0.316. The zero-order chi connectivity index (χ0) is 17.8. The number of rotatable bonds is 5. The quantitative estimate of drug-likeness (QED) is 0.671. The van der Waals surface area contributed by atoms with Crippen molar-refractivity contribution < 1.29 is 9.72 Å². The molecule has 0 saturated carbocycles. The van der Waals surface area contributed by atoms with Gasteiger partial charge in [-0.15, -0.1) is 0 Å². The second-order valence-electron chi connectivity index (χ2n) is 6.35. The lowest BCUT2D eigenvalue weighted by Crippen LogP contribution is -2.31. The van der Waals surface area contributed by atoms with Crippen LogP contribution < -0.4 is 10.2 Å². The van der Waals surface area contributed by atoms with Gasteiger partial charge >= 0.3 is 0 Å². The van der Waals surface area contributed by atoms with Gasteiger partial charge in [-0.1, -0.05) is 24.3 Å². The van der Waals surface area contributed by atoms with Crippen molar-refractivity contribution in [2.45, 2.75) is 13.3 Å². The summed E-state index contributed by atoms with van der Waals surface area (Å²) in [7, 11) is 0. The minimum absolute atomic E-state index is 0.0243. The molecular weight excluding hydrogens is 318 g/mol. The van der Waals surface area contributed by atoms with Crippen molar-refractivity contribution in [1.29, 1.82) is 0 Å². The van der Waals surface area contributed by atoms with Gasteiger partial charge in [-0.25, -0.2) is 0 Å². The predicted molar refractivity (Wildman–Crippen MR) is 96.9 cm³/mol. The number of nitrogens with one attached hydrogen (secondary N) is 1. The first-order valence-electron chi connectivity index (χ1n) is 8.38. The maximum absolute atomic E-state index is 12.4. The summed E-state index contributed by atoms with van der Waals surface area (Å²) in [6.45, 7) is 4.06. The molecule has 1 unspecified atom stereocenters. The Balaban J connectivity index is 1.59. The lowest BCUT2D eigenvalue weighted by molar-refractivity contribution is -0.385. The first-order valence-corrected chi connectivity index (χ1v) is 8.38. The van der Waals surface area contributed by atoms with Crippen molar-refractivity contribution in [3.63, 3.8) is 0 Å². The van der Waals surface area contributed by atoms with Gasteiger partial charge in [0, 0.05) is 42.5 Å². The molecule has 1 heterocycles. The van der Waals surface area contributed by atoms with Crippen LogP contribution in [-0.2, 0) is 0 Å². The van der Waals surface area contributed by atoms with Gasteiger partial charge in [0.1, 0.15) is 0 Å². The van der Waals surface area contributed by atoms with E-state index >= 15 is 0 Å². The Bertz CT molecular complexity index is 777. The van der Waals surface area contributed by atoms with E-state index in [9.17, 15) is 14.9 Å². The van der Waals surface area contributed by atoms with Gasteiger partial charge in [-0.2, -0.15) is 0 Å². The van der Waals surface area contributed by atoms with Crippen molar-refractivity contribution in [2.24, 2.45) is 5.92 Å². The molecule has 6 heteroatoms. The molecule has 130 valence electrons. The summed E-state index contributed by atoms with van der Waals surface area (Å²) in [5.74, 6) is 0.127. The normalized spacial score (nSPS) is 16.7. The topological polar surface area (TPSA) is 75.5 Å². The zero-order valence-electron chi connectivity index (χ0n) is 14.1. The van der Waals surface area contributed by atoms with E-state index < -0.39 is 4.92 Å². The highest BCUT2D eigenvalue weighted by molar-refractivity contribution is 5.96. The molecule has 0 radical (unpaired) electrons. The summed E-state index contributed by atoms with van der Waals surface area (Å²) in [6, 6.07) is 14.8. The Hall–Kier alpha value is -2.89. The van der Waals surface area contributed by atoms with Gasteiger partial charge in [0.15, 0.2) is 0 Å². The van der Waals surface area contributed by atoms with Gasteiger partial charge in [-0.05, 0) is 37.5 Å². The van der Waals surface area contributed by atoms with Crippen molar-refractivity contribution in [3.8, 4) is 0 Å². The molecule has 0 aliphatic carbocycles. The van der Waals surface area contributed by atoms with Crippen LogP contribution in [0.4, 0.5) is 11.4 Å². The largest absolute Gasteiger partial charge is 0.371 e. The SMILES string of the molecule is Cc1c(C(=O)NCC2CCN(c3ccccc3)C2)cccc1[N+](=O)[O-]. The number of para-hydroxylation sites is 1. The van der Waals surface area contributed by atoms with E-state index in [1.54, 1.807) is 19.1 Å². The molecule has 3 rings (SSSR count). The molecule has 6 nitrogen and oxygen atoms in total. The molecule has 0 aromatic heterocycles. The summed E-state index contributed by atoms with van der Waals surface area (Å²) < 4.78 is 0. The molecule has 2 aromatic carbocycles. The van der Waals surface area contributed by atoms with E-state index in [2.05, 4.69) is 22.3 Å².